The molecular weight excluding hydrogens is 649 g/mol. The molecule has 0 radical (unpaired) electrons. The van der Waals surface area contributed by atoms with Gasteiger partial charge in [0.25, 0.3) is 0 Å². The Morgan fingerprint density at radius 1 is 0.360 bits per heavy atom. The van der Waals surface area contributed by atoms with E-state index in [1.165, 1.54) is 62.9 Å². The molecule has 12 rings (SSSR count). The number of benzene rings is 8. The van der Waals surface area contributed by atoms with Gasteiger partial charge in [-0.1, -0.05) is 103 Å². The van der Waals surface area contributed by atoms with Gasteiger partial charge >= 0.3 is 0 Å². The second-order valence-corrected chi connectivity index (χ2v) is 15.1. The van der Waals surface area contributed by atoms with Crippen molar-refractivity contribution >= 4 is 118 Å². The van der Waals surface area contributed by atoms with Gasteiger partial charge in [0.2, 0.25) is 0 Å². The van der Waals surface area contributed by atoms with Crippen LogP contribution in [0.1, 0.15) is 0 Å². The smallest absolute Gasteiger partial charge is 0.144 e. The standard InChI is InChI=1S/C46H24O2S2/c1-3-13-27-25(11-1)40(32-23-36-42(29-15-5-8-18-34(29)47-36)45-30-16-6-9-19-35(30)48-46(32)45)26-12-2-4-14-28(26)41(27)33-24-49-38-21-22-39-43(44(33)38)31-17-7-10-20-37(31)50-39/h1-24H. The summed E-state index contributed by atoms with van der Waals surface area (Å²) in [6.07, 6.45) is 0. The van der Waals surface area contributed by atoms with Crippen molar-refractivity contribution in [2.75, 3.05) is 0 Å². The number of rotatable bonds is 2. The summed E-state index contributed by atoms with van der Waals surface area (Å²) < 4.78 is 17.5. The van der Waals surface area contributed by atoms with Crippen LogP contribution in [-0.2, 0) is 0 Å². The first-order chi connectivity index (χ1) is 24.8. The van der Waals surface area contributed by atoms with E-state index in [0.717, 1.165) is 55.0 Å². The summed E-state index contributed by atoms with van der Waals surface area (Å²) in [5.41, 5.74) is 8.30. The lowest BCUT2D eigenvalue weighted by Gasteiger charge is -2.18. The number of hydrogen-bond donors (Lipinski definition) is 0. The first-order valence-corrected chi connectivity index (χ1v) is 18.5. The molecule has 0 aliphatic carbocycles. The van der Waals surface area contributed by atoms with E-state index < -0.39 is 0 Å². The molecule has 0 atom stereocenters. The van der Waals surface area contributed by atoms with Crippen molar-refractivity contribution < 1.29 is 8.83 Å². The zero-order valence-electron chi connectivity index (χ0n) is 26.5. The summed E-state index contributed by atoms with van der Waals surface area (Å²) in [5.74, 6) is 0. The summed E-state index contributed by atoms with van der Waals surface area (Å²) in [5, 5.41) is 15.7. The maximum absolute atomic E-state index is 6.86. The number of hydrogen-bond acceptors (Lipinski definition) is 4. The van der Waals surface area contributed by atoms with E-state index >= 15 is 0 Å². The van der Waals surface area contributed by atoms with Gasteiger partial charge in [-0.2, -0.15) is 0 Å². The van der Waals surface area contributed by atoms with Gasteiger partial charge in [0.05, 0.1) is 0 Å². The summed E-state index contributed by atoms with van der Waals surface area (Å²) in [7, 11) is 0. The predicted octanol–water partition coefficient (Wildman–Crippen LogP) is 14.7. The maximum Gasteiger partial charge on any atom is 0.144 e. The molecule has 50 heavy (non-hydrogen) atoms. The number of fused-ring (bicyclic) bond motifs is 14. The number of thiophene rings is 2. The predicted molar refractivity (Wildman–Crippen MR) is 215 cm³/mol. The van der Waals surface area contributed by atoms with Crippen molar-refractivity contribution in [3.8, 4) is 22.3 Å². The summed E-state index contributed by atoms with van der Waals surface area (Å²) in [4.78, 5) is 0. The van der Waals surface area contributed by atoms with Crippen molar-refractivity contribution in [2.24, 2.45) is 0 Å². The molecular formula is C46H24O2S2. The molecule has 0 aliphatic heterocycles. The van der Waals surface area contributed by atoms with E-state index in [2.05, 4.69) is 133 Å². The van der Waals surface area contributed by atoms with Crippen molar-refractivity contribution in [1.29, 1.82) is 0 Å². The van der Waals surface area contributed by atoms with Gasteiger partial charge in [0.1, 0.15) is 22.3 Å². The van der Waals surface area contributed by atoms with Gasteiger partial charge in [0.15, 0.2) is 0 Å². The largest absolute Gasteiger partial charge is 0.456 e. The molecule has 8 aromatic carbocycles. The minimum absolute atomic E-state index is 0.869. The molecule has 2 nitrogen and oxygen atoms in total. The fourth-order valence-electron chi connectivity index (χ4n) is 8.53. The Labute approximate surface area is 293 Å². The maximum atomic E-state index is 6.86. The molecule has 4 aromatic heterocycles. The lowest BCUT2D eigenvalue weighted by atomic mass is 9.85. The van der Waals surface area contributed by atoms with E-state index in [4.69, 9.17) is 8.83 Å². The molecule has 4 heterocycles. The Bertz CT molecular complexity index is 3330. The molecule has 12 aromatic rings. The molecule has 0 amide bonds. The Balaban J connectivity index is 1.27. The highest BCUT2D eigenvalue weighted by Crippen LogP contribution is 2.52. The van der Waals surface area contributed by atoms with Crippen LogP contribution in [0.25, 0.3) is 118 Å². The Kier molecular flexibility index (Phi) is 5.29. The molecule has 4 heteroatoms. The van der Waals surface area contributed by atoms with E-state index in [-0.39, 0.29) is 0 Å². The molecule has 0 saturated heterocycles. The van der Waals surface area contributed by atoms with Crippen LogP contribution < -0.4 is 0 Å². The fourth-order valence-corrected chi connectivity index (χ4v) is 10.6. The van der Waals surface area contributed by atoms with Crippen molar-refractivity contribution in [2.45, 2.75) is 0 Å². The molecule has 0 spiro atoms. The highest BCUT2D eigenvalue weighted by atomic mass is 32.1. The van der Waals surface area contributed by atoms with Gasteiger partial charge in [-0.25, -0.2) is 0 Å². The molecule has 0 fully saturated rings. The van der Waals surface area contributed by atoms with E-state index in [1.807, 2.05) is 34.8 Å². The van der Waals surface area contributed by atoms with Crippen molar-refractivity contribution in [1.82, 2.24) is 0 Å². The van der Waals surface area contributed by atoms with Gasteiger partial charge < -0.3 is 8.83 Å². The second kappa shape index (κ2) is 9.82. The zero-order chi connectivity index (χ0) is 32.5. The quantitative estimate of drug-likeness (QED) is 0.171. The average molecular weight is 673 g/mol. The average Bonchev–Trinajstić information content (AvgIpc) is 3.94. The van der Waals surface area contributed by atoms with Crippen LogP contribution in [0.15, 0.2) is 154 Å². The summed E-state index contributed by atoms with van der Waals surface area (Å²) in [6, 6.07) is 50.2. The van der Waals surface area contributed by atoms with E-state index in [0.29, 0.717) is 0 Å². The van der Waals surface area contributed by atoms with Crippen molar-refractivity contribution in [3.05, 3.63) is 145 Å². The van der Waals surface area contributed by atoms with Crippen LogP contribution in [0.5, 0.6) is 0 Å². The first kappa shape index (κ1) is 26.9. The Morgan fingerprint density at radius 2 is 0.900 bits per heavy atom. The van der Waals surface area contributed by atoms with Crippen LogP contribution in [0, 0.1) is 0 Å². The number of furan rings is 2. The molecule has 0 aliphatic rings. The summed E-state index contributed by atoms with van der Waals surface area (Å²) >= 11 is 3.72. The SMILES string of the molecule is c1ccc2c(c1)oc1cc(-c3c4ccccc4c(-c4csc5ccc6sc7ccccc7c6c45)c4ccccc34)c3oc4ccccc4c3c12. The fraction of sp³-hybridized carbons (Fsp3) is 0. The molecule has 232 valence electrons. The third kappa shape index (κ3) is 3.46. The molecule has 0 unspecified atom stereocenters. The second-order valence-electron chi connectivity index (χ2n) is 13.1. The lowest BCUT2D eigenvalue weighted by molar-refractivity contribution is 0.664. The first-order valence-electron chi connectivity index (χ1n) is 16.8. The van der Waals surface area contributed by atoms with Gasteiger partial charge in [-0.05, 0) is 68.9 Å². The zero-order valence-corrected chi connectivity index (χ0v) is 28.1. The van der Waals surface area contributed by atoms with Crippen LogP contribution in [-0.4, -0.2) is 0 Å². The van der Waals surface area contributed by atoms with Gasteiger partial charge in [-0.3, -0.25) is 0 Å². The topological polar surface area (TPSA) is 26.3 Å². The Morgan fingerprint density at radius 3 is 1.60 bits per heavy atom. The Hall–Kier alpha value is -5.94. The normalized spacial score (nSPS) is 12.4. The van der Waals surface area contributed by atoms with Gasteiger partial charge in [0, 0.05) is 68.5 Å². The molecule has 0 bridgehead atoms. The van der Waals surface area contributed by atoms with Crippen LogP contribution >= 0.6 is 22.7 Å². The molecule has 0 saturated carbocycles. The van der Waals surface area contributed by atoms with Gasteiger partial charge in [-0.15, -0.1) is 22.7 Å². The molecule has 0 N–H and O–H groups in total. The monoisotopic (exact) mass is 672 g/mol. The minimum atomic E-state index is 0.869. The highest BCUT2D eigenvalue weighted by molar-refractivity contribution is 7.26. The third-order valence-corrected chi connectivity index (χ3v) is 12.6. The van der Waals surface area contributed by atoms with E-state index in [1.54, 1.807) is 0 Å². The van der Waals surface area contributed by atoms with Crippen LogP contribution in [0.2, 0.25) is 0 Å². The van der Waals surface area contributed by atoms with Crippen LogP contribution in [0.3, 0.4) is 0 Å². The number of para-hydroxylation sites is 2. The van der Waals surface area contributed by atoms with E-state index in [9.17, 15) is 0 Å². The van der Waals surface area contributed by atoms with Crippen molar-refractivity contribution in [3.63, 3.8) is 0 Å². The van der Waals surface area contributed by atoms with Crippen LogP contribution in [0.4, 0.5) is 0 Å². The summed E-state index contributed by atoms with van der Waals surface area (Å²) in [6.45, 7) is 0. The lowest BCUT2D eigenvalue weighted by Crippen LogP contribution is -1.91. The minimum Gasteiger partial charge on any atom is -0.456 e. The third-order valence-electron chi connectivity index (χ3n) is 10.5. The highest BCUT2D eigenvalue weighted by Gasteiger charge is 2.25.